The molecule has 0 bridgehead atoms. The fourth-order valence-corrected chi connectivity index (χ4v) is 4.23. The molecule has 1 spiro atoms. The summed E-state index contributed by atoms with van der Waals surface area (Å²) >= 11 is 0. The number of alkyl halides is 3. The summed E-state index contributed by atoms with van der Waals surface area (Å²) in [4.78, 5) is 0. The van der Waals surface area contributed by atoms with Crippen molar-refractivity contribution in [3.63, 3.8) is 0 Å². The van der Waals surface area contributed by atoms with Crippen molar-refractivity contribution in [1.29, 1.82) is 0 Å². The number of aromatic nitrogens is 1. The number of para-hydroxylation sites is 1. The van der Waals surface area contributed by atoms with Crippen molar-refractivity contribution in [2.24, 2.45) is 0 Å². The molecule has 0 saturated carbocycles. The van der Waals surface area contributed by atoms with Crippen molar-refractivity contribution in [3.8, 4) is 5.75 Å². The molecule has 0 aliphatic carbocycles. The third-order valence-electron chi connectivity index (χ3n) is 5.48. The van der Waals surface area contributed by atoms with E-state index in [1.807, 2.05) is 0 Å². The first-order valence-electron chi connectivity index (χ1n) is 9.22. The molecule has 2 aliphatic rings. The molecule has 3 heterocycles. The molecule has 4 rings (SSSR count). The Bertz CT molecular complexity index is 804. The molecule has 26 heavy (non-hydrogen) atoms. The summed E-state index contributed by atoms with van der Waals surface area (Å²) in [7, 11) is 0. The number of aryl methyl sites for hydroxylation is 1. The standard InChI is InChI=1S/C20H23F3N2O/c1-2-4-15-7-8-17-19(9-11-24-12-10-19)26-18-14(13-25(15)17)5-3-6-16(18)20(21,22)23/h3,5-8,24H,2,4,9-13H2,1H3. The first-order chi connectivity index (χ1) is 12.4. The number of benzene rings is 1. The van der Waals surface area contributed by atoms with E-state index in [4.69, 9.17) is 4.74 Å². The highest BCUT2D eigenvalue weighted by atomic mass is 19.4. The van der Waals surface area contributed by atoms with Crippen LogP contribution in [0.4, 0.5) is 13.2 Å². The lowest BCUT2D eigenvalue weighted by atomic mass is 9.88. The minimum absolute atomic E-state index is 0.00745. The van der Waals surface area contributed by atoms with Crippen LogP contribution in [0.25, 0.3) is 0 Å². The van der Waals surface area contributed by atoms with Gasteiger partial charge in [-0.2, -0.15) is 13.2 Å². The van der Waals surface area contributed by atoms with Gasteiger partial charge in [0.25, 0.3) is 0 Å². The zero-order valence-electron chi connectivity index (χ0n) is 14.8. The van der Waals surface area contributed by atoms with E-state index in [1.165, 1.54) is 6.07 Å². The topological polar surface area (TPSA) is 26.2 Å². The highest BCUT2D eigenvalue weighted by Crippen LogP contribution is 2.46. The summed E-state index contributed by atoms with van der Waals surface area (Å²) in [5, 5.41) is 3.30. The molecule has 1 aromatic carbocycles. The Morgan fingerprint density at radius 1 is 1.15 bits per heavy atom. The van der Waals surface area contributed by atoms with E-state index >= 15 is 0 Å². The van der Waals surface area contributed by atoms with Crippen LogP contribution in [0.3, 0.4) is 0 Å². The van der Waals surface area contributed by atoms with E-state index in [0.717, 1.165) is 43.4 Å². The minimum Gasteiger partial charge on any atom is -0.480 e. The van der Waals surface area contributed by atoms with Gasteiger partial charge in [0, 0.05) is 24.1 Å². The molecule has 140 valence electrons. The number of fused-ring (bicyclic) bond motifs is 3. The summed E-state index contributed by atoms with van der Waals surface area (Å²) in [6.45, 7) is 4.00. The van der Waals surface area contributed by atoms with E-state index in [0.29, 0.717) is 24.9 Å². The first kappa shape index (κ1) is 17.5. The van der Waals surface area contributed by atoms with E-state index in [-0.39, 0.29) is 5.75 Å². The number of ether oxygens (including phenoxy) is 1. The molecule has 0 radical (unpaired) electrons. The molecule has 1 aromatic heterocycles. The summed E-state index contributed by atoms with van der Waals surface area (Å²) in [6, 6.07) is 8.51. The van der Waals surface area contributed by atoms with Gasteiger partial charge in [0.2, 0.25) is 0 Å². The Balaban J connectivity index is 1.91. The summed E-state index contributed by atoms with van der Waals surface area (Å²) in [5.41, 5.74) is 1.39. The lowest BCUT2D eigenvalue weighted by Gasteiger charge is -2.38. The van der Waals surface area contributed by atoms with Crippen molar-refractivity contribution in [3.05, 3.63) is 52.8 Å². The van der Waals surface area contributed by atoms with Crippen LogP contribution in [0, 0.1) is 0 Å². The Morgan fingerprint density at radius 3 is 2.62 bits per heavy atom. The average molecular weight is 364 g/mol. The Labute approximate surface area is 151 Å². The molecular weight excluding hydrogens is 341 g/mol. The average Bonchev–Trinajstić information content (AvgIpc) is 2.94. The second kappa shape index (κ2) is 6.34. The molecule has 2 aromatic rings. The van der Waals surface area contributed by atoms with Gasteiger partial charge in [-0.1, -0.05) is 25.5 Å². The van der Waals surface area contributed by atoms with Crippen LogP contribution in [0.1, 0.15) is 48.7 Å². The molecular formula is C20H23F3N2O. The zero-order valence-corrected chi connectivity index (χ0v) is 14.8. The van der Waals surface area contributed by atoms with Crippen molar-refractivity contribution in [1.82, 2.24) is 9.88 Å². The predicted molar refractivity (Wildman–Crippen MR) is 93.4 cm³/mol. The Kier molecular flexibility index (Phi) is 4.26. The minimum atomic E-state index is -4.43. The first-order valence-corrected chi connectivity index (χ1v) is 9.22. The van der Waals surface area contributed by atoms with Crippen LogP contribution in [0.2, 0.25) is 0 Å². The Morgan fingerprint density at radius 2 is 1.92 bits per heavy atom. The molecule has 1 saturated heterocycles. The van der Waals surface area contributed by atoms with Gasteiger partial charge in [-0.25, -0.2) is 0 Å². The number of hydrogen-bond donors (Lipinski definition) is 1. The molecule has 3 nitrogen and oxygen atoms in total. The predicted octanol–water partition coefficient (Wildman–Crippen LogP) is 4.48. The normalized spacial score (nSPS) is 18.8. The largest absolute Gasteiger partial charge is 0.480 e. The van der Waals surface area contributed by atoms with Gasteiger partial charge in [0.1, 0.15) is 5.75 Å². The highest BCUT2D eigenvalue weighted by Gasteiger charge is 2.44. The van der Waals surface area contributed by atoms with Gasteiger partial charge < -0.3 is 14.6 Å². The van der Waals surface area contributed by atoms with Gasteiger partial charge in [-0.05, 0) is 37.7 Å². The maximum absolute atomic E-state index is 13.6. The van der Waals surface area contributed by atoms with Crippen LogP contribution in [0.15, 0.2) is 30.3 Å². The van der Waals surface area contributed by atoms with Gasteiger partial charge in [0.15, 0.2) is 5.60 Å². The summed E-state index contributed by atoms with van der Waals surface area (Å²) in [5.74, 6) is 0.00745. The molecule has 0 atom stereocenters. The molecule has 0 unspecified atom stereocenters. The van der Waals surface area contributed by atoms with Crippen molar-refractivity contribution < 1.29 is 17.9 Å². The van der Waals surface area contributed by atoms with Gasteiger partial charge in [0.05, 0.1) is 17.8 Å². The third-order valence-corrected chi connectivity index (χ3v) is 5.48. The van der Waals surface area contributed by atoms with Crippen LogP contribution >= 0.6 is 0 Å². The third kappa shape index (κ3) is 2.80. The highest BCUT2D eigenvalue weighted by molar-refractivity contribution is 5.46. The number of piperidine rings is 1. The van der Waals surface area contributed by atoms with Crippen LogP contribution in [-0.4, -0.2) is 17.7 Å². The number of halogens is 3. The number of rotatable bonds is 2. The number of nitrogens with zero attached hydrogens (tertiary/aromatic N) is 1. The van der Waals surface area contributed by atoms with Crippen molar-refractivity contribution in [2.45, 2.75) is 50.9 Å². The second-order valence-corrected chi connectivity index (χ2v) is 7.18. The van der Waals surface area contributed by atoms with Gasteiger partial charge >= 0.3 is 6.18 Å². The van der Waals surface area contributed by atoms with Crippen molar-refractivity contribution >= 4 is 0 Å². The van der Waals surface area contributed by atoms with Crippen LogP contribution < -0.4 is 10.1 Å². The van der Waals surface area contributed by atoms with Crippen molar-refractivity contribution in [2.75, 3.05) is 13.1 Å². The molecule has 2 aliphatic heterocycles. The number of hydrogen-bond acceptors (Lipinski definition) is 2. The van der Waals surface area contributed by atoms with Gasteiger partial charge in [-0.3, -0.25) is 0 Å². The summed E-state index contributed by atoms with van der Waals surface area (Å²) in [6.07, 6.45) is -1.20. The maximum Gasteiger partial charge on any atom is 0.419 e. The SMILES string of the molecule is CCCc1ccc2n1Cc1cccc(C(F)(F)F)c1OC21CCNCC1. The molecule has 0 amide bonds. The lowest BCUT2D eigenvalue weighted by Crippen LogP contribution is -2.45. The second-order valence-electron chi connectivity index (χ2n) is 7.18. The fourth-order valence-electron chi connectivity index (χ4n) is 4.23. The van der Waals surface area contributed by atoms with E-state index in [9.17, 15) is 13.2 Å². The monoisotopic (exact) mass is 364 g/mol. The fraction of sp³-hybridized carbons (Fsp3) is 0.500. The Hall–Kier alpha value is -1.95. The number of nitrogens with one attached hydrogen (secondary N) is 1. The van der Waals surface area contributed by atoms with E-state index in [1.54, 1.807) is 6.07 Å². The van der Waals surface area contributed by atoms with Gasteiger partial charge in [-0.15, -0.1) is 0 Å². The lowest BCUT2D eigenvalue weighted by molar-refractivity contribution is -0.140. The molecule has 1 fully saturated rings. The maximum atomic E-state index is 13.6. The van der Waals surface area contributed by atoms with E-state index in [2.05, 4.69) is 28.9 Å². The smallest absolute Gasteiger partial charge is 0.419 e. The molecule has 6 heteroatoms. The molecule has 1 N–H and O–H groups in total. The van der Waals surface area contributed by atoms with Crippen LogP contribution in [-0.2, 0) is 24.7 Å². The van der Waals surface area contributed by atoms with Crippen LogP contribution in [0.5, 0.6) is 5.75 Å². The van der Waals surface area contributed by atoms with E-state index < -0.39 is 17.3 Å². The summed E-state index contributed by atoms with van der Waals surface area (Å²) < 4.78 is 49.3. The zero-order chi connectivity index (χ0) is 18.4. The quantitative estimate of drug-likeness (QED) is 0.850.